The summed E-state index contributed by atoms with van der Waals surface area (Å²) in [4.78, 5) is 28.4. The zero-order valence-corrected chi connectivity index (χ0v) is 13.9. The van der Waals surface area contributed by atoms with E-state index >= 15 is 0 Å². The maximum atomic E-state index is 12.1. The second kappa shape index (κ2) is 6.82. The summed E-state index contributed by atoms with van der Waals surface area (Å²) in [6.07, 6.45) is 0.159. The molecule has 0 saturated heterocycles. The minimum absolute atomic E-state index is 0.159. The lowest BCUT2D eigenvalue weighted by atomic mass is 10.2. The number of nitrogens with zero attached hydrogens (tertiary/aromatic N) is 1. The van der Waals surface area contributed by atoms with Crippen LogP contribution in [-0.2, 0) is 16.0 Å². The number of methoxy groups -OCH3 is 1. The van der Waals surface area contributed by atoms with Crippen LogP contribution in [-0.4, -0.2) is 24.0 Å². The Morgan fingerprint density at radius 2 is 2.19 bits per heavy atom. The molecule has 21 heavy (non-hydrogen) atoms. The van der Waals surface area contributed by atoms with Gasteiger partial charge < -0.3 is 4.74 Å². The molecule has 7 heteroatoms. The second-order valence-electron chi connectivity index (χ2n) is 4.24. The minimum atomic E-state index is -0.327. The van der Waals surface area contributed by atoms with Crippen LogP contribution in [0, 0.1) is 6.92 Å². The predicted molar refractivity (Wildman–Crippen MR) is 84.7 cm³/mol. The highest BCUT2D eigenvalue weighted by atomic mass is 79.9. The number of carbonyl (C=O) groups is 2. The van der Waals surface area contributed by atoms with Crippen molar-refractivity contribution in [2.24, 2.45) is 0 Å². The zero-order valence-electron chi connectivity index (χ0n) is 11.5. The minimum Gasteiger partial charge on any atom is -0.469 e. The Hall–Kier alpha value is -1.73. The highest BCUT2D eigenvalue weighted by Crippen LogP contribution is 2.24. The van der Waals surface area contributed by atoms with E-state index in [0.717, 1.165) is 15.0 Å². The van der Waals surface area contributed by atoms with E-state index < -0.39 is 0 Å². The van der Waals surface area contributed by atoms with Crippen LogP contribution in [0.15, 0.2) is 28.7 Å². The molecule has 0 aliphatic carbocycles. The van der Waals surface area contributed by atoms with Gasteiger partial charge in [-0.1, -0.05) is 22.0 Å². The number of amides is 1. The van der Waals surface area contributed by atoms with Gasteiger partial charge in [-0.3, -0.25) is 14.9 Å². The van der Waals surface area contributed by atoms with Gasteiger partial charge in [-0.25, -0.2) is 4.98 Å². The molecule has 1 N–H and O–H groups in total. The lowest BCUT2D eigenvalue weighted by Crippen LogP contribution is -2.11. The van der Waals surface area contributed by atoms with Crippen molar-refractivity contribution in [2.75, 3.05) is 12.4 Å². The number of nitrogens with one attached hydrogen (secondary N) is 1. The number of hydrogen-bond acceptors (Lipinski definition) is 5. The number of benzene rings is 1. The maximum absolute atomic E-state index is 12.1. The lowest BCUT2D eigenvalue weighted by Gasteiger charge is -2.01. The largest absolute Gasteiger partial charge is 0.469 e. The van der Waals surface area contributed by atoms with E-state index in [1.165, 1.54) is 18.4 Å². The molecular formula is C14H13BrN2O3S. The van der Waals surface area contributed by atoms with Crippen LogP contribution in [0.4, 0.5) is 5.13 Å². The van der Waals surface area contributed by atoms with Gasteiger partial charge in [0.15, 0.2) is 5.13 Å². The number of aromatic nitrogens is 1. The molecule has 0 bridgehead atoms. The van der Waals surface area contributed by atoms with Crippen LogP contribution in [0.25, 0.3) is 0 Å². The molecule has 5 nitrogen and oxygen atoms in total. The monoisotopic (exact) mass is 368 g/mol. The van der Waals surface area contributed by atoms with Crippen molar-refractivity contribution in [3.05, 3.63) is 44.9 Å². The number of carbonyl (C=O) groups excluding carboxylic acids is 2. The summed E-state index contributed by atoms with van der Waals surface area (Å²) >= 11 is 4.60. The van der Waals surface area contributed by atoms with Gasteiger partial charge in [-0.2, -0.15) is 0 Å². The van der Waals surface area contributed by atoms with Gasteiger partial charge in [0.05, 0.1) is 19.2 Å². The van der Waals surface area contributed by atoms with Crippen molar-refractivity contribution < 1.29 is 14.3 Å². The van der Waals surface area contributed by atoms with Gasteiger partial charge in [0.1, 0.15) is 0 Å². The molecule has 0 saturated carbocycles. The summed E-state index contributed by atoms with van der Waals surface area (Å²) < 4.78 is 5.46. The molecular weight excluding hydrogens is 356 g/mol. The first-order valence-electron chi connectivity index (χ1n) is 6.09. The predicted octanol–water partition coefficient (Wildman–Crippen LogP) is 3.18. The summed E-state index contributed by atoms with van der Waals surface area (Å²) in [6.45, 7) is 1.80. The summed E-state index contributed by atoms with van der Waals surface area (Å²) in [5, 5.41) is 3.20. The average Bonchev–Trinajstić information content (AvgIpc) is 2.78. The molecule has 2 rings (SSSR count). The normalized spacial score (nSPS) is 10.2. The van der Waals surface area contributed by atoms with Crippen LogP contribution < -0.4 is 5.32 Å². The third-order valence-electron chi connectivity index (χ3n) is 2.73. The lowest BCUT2D eigenvalue weighted by molar-refractivity contribution is -0.139. The number of hydrogen-bond donors (Lipinski definition) is 1. The first kappa shape index (κ1) is 15.7. The molecule has 0 aliphatic rings. The molecule has 1 heterocycles. The van der Waals surface area contributed by atoms with Crippen molar-refractivity contribution in [1.29, 1.82) is 0 Å². The van der Waals surface area contributed by atoms with Crippen molar-refractivity contribution >= 4 is 44.3 Å². The number of esters is 1. The van der Waals surface area contributed by atoms with Crippen LogP contribution in [0.2, 0.25) is 0 Å². The molecule has 2 aromatic rings. The number of rotatable bonds is 4. The van der Waals surface area contributed by atoms with E-state index in [1.807, 2.05) is 6.07 Å². The fourth-order valence-electron chi connectivity index (χ4n) is 1.65. The zero-order chi connectivity index (χ0) is 15.4. The first-order valence-corrected chi connectivity index (χ1v) is 7.70. The van der Waals surface area contributed by atoms with Gasteiger partial charge >= 0.3 is 5.97 Å². The quantitative estimate of drug-likeness (QED) is 0.841. The molecule has 0 aliphatic heterocycles. The highest BCUT2D eigenvalue weighted by molar-refractivity contribution is 9.10. The SMILES string of the molecule is COC(=O)Cc1sc(NC(=O)c2cccc(Br)c2)nc1C. The van der Waals surface area contributed by atoms with E-state index in [0.29, 0.717) is 10.7 Å². The van der Waals surface area contributed by atoms with Crippen LogP contribution in [0.3, 0.4) is 0 Å². The summed E-state index contributed by atoms with van der Waals surface area (Å²) in [5.41, 5.74) is 1.25. The third kappa shape index (κ3) is 4.12. The first-order chi connectivity index (χ1) is 9.99. The molecule has 110 valence electrons. The topological polar surface area (TPSA) is 68.3 Å². The number of thiazole rings is 1. The molecule has 1 amide bonds. The van der Waals surface area contributed by atoms with Gasteiger partial charge in [0.2, 0.25) is 0 Å². The molecule has 0 atom stereocenters. The Kier molecular flexibility index (Phi) is 5.08. The van der Waals surface area contributed by atoms with Gasteiger partial charge in [-0.15, -0.1) is 11.3 Å². The van der Waals surface area contributed by atoms with E-state index in [1.54, 1.807) is 25.1 Å². The molecule has 0 unspecified atom stereocenters. The fourth-order valence-corrected chi connectivity index (χ4v) is 2.99. The number of halogens is 1. The van der Waals surface area contributed by atoms with Gasteiger partial charge in [0, 0.05) is 14.9 Å². The summed E-state index contributed by atoms with van der Waals surface area (Å²) in [7, 11) is 1.34. The Bertz CT molecular complexity index is 685. The number of anilines is 1. The standard InChI is InChI=1S/C14H13BrN2O3S/c1-8-11(7-12(18)20-2)21-14(16-8)17-13(19)9-4-3-5-10(15)6-9/h3-6H,7H2,1-2H3,(H,16,17,19). The molecule has 0 spiro atoms. The fraction of sp³-hybridized carbons (Fsp3) is 0.214. The number of ether oxygens (including phenoxy) is 1. The van der Waals surface area contributed by atoms with Crippen molar-refractivity contribution in [1.82, 2.24) is 4.98 Å². The summed E-state index contributed by atoms with van der Waals surface area (Å²) in [6, 6.07) is 7.08. The van der Waals surface area contributed by atoms with Gasteiger partial charge in [0.25, 0.3) is 5.91 Å². The Morgan fingerprint density at radius 1 is 1.43 bits per heavy atom. The molecule has 0 radical (unpaired) electrons. The van der Waals surface area contributed by atoms with E-state index in [4.69, 9.17) is 0 Å². The Morgan fingerprint density at radius 3 is 2.86 bits per heavy atom. The van der Waals surface area contributed by atoms with Crippen LogP contribution >= 0.6 is 27.3 Å². The summed E-state index contributed by atoms with van der Waals surface area (Å²) in [5.74, 6) is -0.568. The van der Waals surface area contributed by atoms with Crippen molar-refractivity contribution in [3.8, 4) is 0 Å². The number of aryl methyl sites for hydroxylation is 1. The maximum Gasteiger partial charge on any atom is 0.310 e. The molecule has 1 aromatic carbocycles. The van der Waals surface area contributed by atoms with Crippen molar-refractivity contribution in [2.45, 2.75) is 13.3 Å². The molecule has 1 aromatic heterocycles. The van der Waals surface area contributed by atoms with E-state index in [2.05, 4.69) is 31.0 Å². The van der Waals surface area contributed by atoms with Crippen molar-refractivity contribution in [3.63, 3.8) is 0 Å². The van der Waals surface area contributed by atoms with Crippen LogP contribution in [0.5, 0.6) is 0 Å². The Labute approximate surface area is 134 Å². The van der Waals surface area contributed by atoms with Gasteiger partial charge in [-0.05, 0) is 25.1 Å². The Balaban J connectivity index is 2.11. The van der Waals surface area contributed by atoms with E-state index in [9.17, 15) is 9.59 Å². The third-order valence-corrected chi connectivity index (χ3v) is 4.30. The highest BCUT2D eigenvalue weighted by Gasteiger charge is 2.14. The second-order valence-corrected chi connectivity index (χ2v) is 6.24. The van der Waals surface area contributed by atoms with Crippen LogP contribution in [0.1, 0.15) is 20.9 Å². The smallest absolute Gasteiger partial charge is 0.310 e. The average molecular weight is 369 g/mol. The van der Waals surface area contributed by atoms with E-state index in [-0.39, 0.29) is 18.3 Å². The molecule has 0 fully saturated rings.